The van der Waals surface area contributed by atoms with Crippen molar-refractivity contribution in [2.75, 3.05) is 6.61 Å². The maximum Gasteiger partial charge on any atom is 0.349 e. The Morgan fingerprint density at radius 2 is 2.17 bits per heavy atom. The number of aliphatic hydroxyl groups is 1. The zero-order valence-corrected chi connectivity index (χ0v) is 9.84. The fraction of sp³-hybridized carbons (Fsp3) is 0.231. The molecule has 0 aliphatic heterocycles. The van der Waals surface area contributed by atoms with E-state index < -0.39 is 17.6 Å². The van der Waals surface area contributed by atoms with E-state index in [1.165, 1.54) is 6.07 Å². The molecule has 0 unspecified atom stereocenters. The van der Waals surface area contributed by atoms with E-state index in [1.807, 2.05) is 0 Å². The minimum atomic E-state index is -0.684. The molecule has 0 bridgehead atoms. The van der Waals surface area contributed by atoms with Crippen molar-refractivity contribution in [2.45, 2.75) is 13.0 Å². The van der Waals surface area contributed by atoms with E-state index >= 15 is 0 Å². The van der Waals surface area contributed by atoms with Crippen LogP contribution < -0.4 is 10.9 Å². The first kappa shape index (κ1) is 12.3. The average Bonchev–Trinajstić information content (AvgIpc) is 2.37. The Balaban J connectivity index is 2.42. The van der Waals surface area contributed by atoms with Crippen molar-refractivity contribution < 1.29 is 14.3 Å². The molecule has 1 aromatic heterocycles. The maximum absolute atomic E-state index is 11.8. The first-order chi connectivity index (χ1) is 8.61. The molecule has 0 aliphatic carbocycles. The second-order valence-corrected chi connectivity index (χ2v) is 4.04. The van der Waals surface area contributed by atoms with Gasteiger partial charge in [0, 0.05) is 11.4 Å². The van der Waals surface area contributed by atoms with Crippen molar-refractivity contribution in [1.82, 2.24) is 5.32 Å². The third kappa shape index (κ3) is 2.41. The third-order valence-electron chi connectivity index (χ3n) is 2.54. The van der Waals surface area contributed by atoms with Crippen molar-refractivity contribution >= 4 is 16.9 Å². The Labute approximate surface area is 103 Å². The van der Waals surface area contributed by atoms with Crippen LogP contribution in [0, 0.1) is 0 Å². The molecule has 5 nitrogen and oxygen atoms in total. The average molecular weight is 247 g/mol. The summed E-state index contributed by atoms with van der Waals surface area (Å²) >= 11 is 0. The first-order valence-corrected chi connectivity index (χ1v) is 5.56. The number of aliphatic hydroxyl groups excluding tert-OH is 1. The van der Waals surface area contributed by atoms with Crippen LogP contribution in [0.1, 0.15) is 17.3 Å². The van der Waals surface area contributed by atoms with Gasteiger partial charge in [-0.3, -0.25) is 4.79 Å². The van der Waals surface area contributed by atoms with Gasteiger partial charge in [-0.1, -0.05) is 18.2 Å². The lowest BCUT2D eigenvalue weighted by molar-refractivity contribution is 0.0919. The highest BCUT2D eigenvalue weighted by molar-refractivity contribution is 5.96. The number of hydrogen-bond donors (Lipinski definition) is 2. The SMILES string of the molecule is C[C@H](CO)NC(=O)c1cc2ccccc2oc1=O. The quantitative estimate of drug-likeness (QED) is 0.790. The van der Waals surface area contributed by atoms with Crippen molar-refractivity contribution in [3.05, 3.63) is 46.3 Å². The van der Waals surface area contributed by atoms with Crippen LogP contribution in [0.15, 0.2) is 39.5 Å². The maximum atomic E-state index is 11.8. The summed E-state index contributed by atoms with van der Waals surface area (Å²) < 4.78 is 5.05. The number of carbonyl (C=O) groups excluding carboxylic acids is 1. The summed E-state index contributed by atoms with van der Waals surface area (Å²) in [7, 11) is 0. The summed E-state index contributed by atoms with van der Waals surface area (Å²) in [5.74, 6) is -0.545. The van der Waals surface area contributed by atoms with E-state index in [-0.39, 0.29) is 12.2 Å². The lowest BCUT2D eigenvalue weighted by atomic mass is 10.1. The van der Waals surface area contributed by atoms with E-state index in [1.54, 1.807) is 31.2 Å². The Morgan fingerprint density at radius 1 is 1.44 bits per heavy atom. The van der Waals surface area contributed by atoms with Gasteiger partial charge in [-0.25, -0.2) is 4.79 Å². The summed E-state index contributed by atoms with van der Waals surface area (Å²) in [5, 5.41) is 12.0. The van der Waals surface area contributed by atoms with Gasteiger partial charge in [0.15, 0.2) is 0 Å². The molecular weight excluding hydrogens is 234 g/mol. The van der Waals surface area contributed by atoms with Crippen molar-refractivity contribution in [2.24, 2.45) is 0 Å². The van der Waals surface area contributed by atoms with Crippen LogP contribution in [0.2, 0.25) is 0 Å². The Hall–Kier alpha value is -2.14. The molecule has 94 valence electrons. The molecule has 0 radical (unpaired) electrons. The molecule has 0 saturated carbocycles. The van der Waals surface area contributed by atoms with Gasteiger partial charge >= 0.3 is 5.63 Å². The van der Waals surface area contributed by atoms with Crippen molar-refractivity contribution in [1.29, 1.82) is 0 Å². The smallest absolute Gasteiger partial charge is 0.349 e. The van der Waals surface area contributed by atoms with Gasteiger partial charge < -0.3 is 14.8 Å². The molecule has 1 atom stereocenters. The number of benzene rings is 1. The van der Waals surface area contributed by atoms with Gasteiger partial charge in [-0.05, 0) is 19.1 Å². The minimum absolute atomic E-state index is 0.0611. The van der Waals surface area contributed by atoms with Gasteiger partial charge in [0.1, 0.15) is 11.1 Å². The Kier molecular flexibility index (Phi) is 3.43. The molecule has 2 aromatic rings. The second-order valence-electron chi connectivity index (χ2n) is 4.04. The highest BCUT2D eigenvalue weighted by Crippen LogP contribution is 2.12. The van der Waals surface area contributed by atoms with Crippen LogP contribution in [-0.4, -0.2) is 23.7 Å². The number of nitrogens with one attached hydrogen (secondary N) is 1. The molecule has 1 aromatic carbocycles. The summed E-state index contributed by atoms with van der Waals surface area (Å²) in [6.07, 6.45) is 0. The normalized spacial score (nSPS) is 12.3. The van der Waals surface area contributed by atoms with Gasteiger partial charge in [-0.2, -0.15) is 0 Å². The lowest BCUT2D eigenvalue weighted by Gasteiger charge is -2.10. The van der Waals surface area contributed by atoms with Gasteiger partial charge in [-0.15, -0.1) is 0 Å². The van der Waals surface area contributed by atoms with Crippen LogP contribution >= 0.6 is 0 Å². The van der Waals surface area contributed by atoms with E-state index in [4.69, 9.17) is 9.52 Å². The number of hydrogen-bond acceptors (Lipinski definition) is 4. The fourth-order valence-electron chi connectivity index (χ4n) is 1.57. The van der Waals surface area contributed by atoms with Gasteiger partial charge in [0.25, 0.3) is 5.91 Å². The van der Waals surface area contributed by atoms with E-state index in [0.717, 1.165) is 0 Å². The number of fused-ring (bicyclic) bond motifs is 1. The minimum Gasteiger partial charge on any atom is -0.422 e. The van der Waals surface area contributed by atoms with E-state index in [0.29, 0.717) is 11.0 Å². The molecule has 2 rings (SSSR count). The number of para-hydroxylation sites is 1. The van der Waals surface area contributed by atoms with Crippen LogP contribution in [0.5, 0.6) is 0 Å². The monoisotopic (exact) mass is 247 g/mol. The fourth-order valence-corrected chi connectivity index (χ4v) is 1.57. The molecule has 1 amide bonds. The molecule has 1 heterocycles. The molecule has 0 fully saturated rings. The molecule has 0 aliphatic rings. The largest absolute Gasteiger partial charge is 0.422 e. The van der Waals surface area contributed by atoms with Crippen molar-refractivity contribution in [3.63, 3.8) is 0 Å². The summed E-state index contributed by atoms with van der Waals surface area (Å²) in [5.41, 5.74) is -0.306. The highest BCUT2D eigenvalue weighted by Gasteiger charge is 2.15. The first-order valence-electron chi connectivity index (χ1n) is 5.56. The predicted molar refractivity (Wildman–Crippen MR) is 66.5 cm³/mol. The number of carbonyl (C=O) groups is 1. The zero-order valence-electron chi connectivity index (χ0n) is 9.84. The van der Waals surface area contributed by atoms with Crippen molar-refractivity contribution in [3.8, 4) is 0 Å². The lowest BCUT2D eigenvalue weighted by Crippen LogP contribution is -2.37. The standard InChI is InChI=1S/C13H13NO4/c1-8(7-15)14-12(16)10-6-9-4-2-3-5-11(9)18-13(10)17/h2-6,8,15H,7H2,1H3,(H,14,16)/t8-/m1/s1. The summed E-state index contributed by atoms with van der Waals surface area (Å²) in [6, 6.07) is 8.03. The van der Waals surface area contributed by atoms with Gasteiger partial charge in [0.2, 0.25) is 0 Å². The van der Waals surface area contributed by atoms with E-state index in [2.05, 4.69) is 5.32 Å². The molecule has 2 N–H and O–H groups in total. The Morgan fingerprint density at radius 3 is 2.89 bits per heavy atom. The molecule has 0 saturated heterocycles. The molecule has 5 heteroatoms. The molecule has 18 heavy (non-hydrogen) atoms. The highest BCUT2D eigenvalue weighted by atomic mass is 16.4. The number of rotatable bonds is 3. The number of amides is 1. The van der Waals surface area contributed by atoms with Crippen LogP contribution in [0.3, 0.4) is 0 Å². The molecular formula is C13H13NO4. The summed E-state index contributed by atoms with van der Waals surface area (Å²) in [4.78, 5) is 23.5. The molecule has 0 spiro atoms. The van der Waals surface area contributed by atoms with E-state index in [9.17, 15) is 9.59 Å². The summed E-state index contributed by atoms with van der Waals surface area (Å²) in [6.45, 7) is 1.45. The van der Waals surface area contributed by atoms with Gasteiger partial charge in [0.05, 0.1) is 6.61 Å². The zero-order chi connectivity index (χ0) is 13.1. The van der Waals surface area contributed by atoms with Crippen LogP contribution in [0.4, 0.5) is 0 Å². The predicted octanol–water partition coefficient (Wildman–Crippen LogP) is 0.904. The topological polar surface area (TPSA) is 79.5 Å². The Bertz CT molecular complexity index is 632. The second kappa shape index (κ2) is 5.01. The van der Waals surface area contributed by atoms with Crippen LogP contribution in [0.25, 0.3) is 11.0 Å². The third-order valence-corrected chi connectivity index (χ3v) is 2.54. The van der Waals surface area contributed by atoms with Crippen LogP contribution in [-0.2, 0) is 0 Å².